The maximum atomic E-state index is 13.4. The predicted molar refractivity (Wildman–Crippen MR) is 131 cm³/mol. The van der Waals surface area contributed by atoms with Gasteiger partial charge in [-0.3, -0.25) is 4.79 Å². The lowest BCUT2D eigenvalue weighted by molar-refractivity contribution is 0.629. The minimum Gasteiger partial charge on any atom is -0.361 e. The van der Waals surface area contributed by atoms with E-state index in [0.717, 1.165) is 46.5 Å². The summed E-state index contributed by atoms with van der Waals surface area (Å²) in [5.41, 5.74) is 4.11. The number of benzene rings is 2. The first-order chi connectivity index (χ1) is 16.1. The largest absolute Gasteiger partial charge is 0.361 e. The van der Waals surface area contributed by atoms with Crippen molar-refractivity contribution in [1.82, 2.24) is 20.2 Å². The maximum Gasteiger partial charge on any atom is 0.250 e. The van der Waals surface area contributed by atoms with Gasteiger partial charge in [0.1, 0.15) is 5.82 Å². The van der Waals surface area contributed by atoms with E-state index in [1.165, 1.54) is 12.1 Å². The van der Waals surface area contributed by atoms with Gasteiger partial charge < -0.3 is 20.2 Å². The maximum absolute atomic E-state index is 13.4. The number of rotatable bonds is 8. The second-order valence-electron chi connectivity index (χ2n) is 7.86. The summed E-state index contributed by atoms with van der Waals surface area (Å²) in [7, 11) is 0. The first kappa shape index (κ1) is 22.3. The van der Waals surface area contributed by atoms with E-state index in [2.05, 4.69) is 20.6 Å². The van der Waals surface area contributed by atoms with Crippen molar-refractivity contribution in [2.45, 2.75) is 26.4 Å². The zero-order valence-electron chi connectivity index (χ0n) is 18.6. The molecule has 33 heavy (non-hydrogen) atoms. The molecule has 0 atom stereocenters. The molecule has 0 aliphatic heterocycles. The number of fused-ring (bicyclic) bond motifs is 1. The zero-order chi connectivity index (χ0) is 23.0. The van der Waals surface area contributed by atoms with Crippen molar-refractivity contribution in [3.63, 3.8) is 0 Å². The molecule has 7 heteroatoms. The van der Waals surface area contributed by atoms with E-state index in [-0.39, 0.29) is 11.4 Å². The molecule has 170 valence electrons. The molecule has 0 saturated carbocycles. The van der Waals surface area contributed by atoms with E-state index in [9.17, 15) is 9.18 Å². The van der Waals surface area contributed by atoms with E-state index in [1.54, 1.807) is 22.9 Å². The molecule has 4 aromatic rings. The lowest BCUT2D eigenvalue weighted by Gasteiger charge is -2.11. The predicted octanol–water partition coefficient (Wildman–Crippen LogP) is 3.81. The third kappa shape index (κ3) is 5.88. The highest BCUT2D eigenvalue weighted by Crippen LogP contribution is 2.19. The van der Waals surface area contributed by atoms with Crippen LogP contribution < -0.4 is 16.2 Å². The SMILES string of the molecule is CCNC(=NCc1ccc(Cn2ccccc2=O)cc1)NCCc1c[nH]c2cc(F)ccc12. The molecule has 0 radical (unpaired) electrons. The van der Waals surface area contributed by atoms with Gasteiger partial charge in [0.2, 0.25) is 0 Å². The number of pyridine rings is 1. The normalized spacial score (nSPS) is 11.6. The molecular weight excluding hydrogens is 417 g/mol. The Morgan fingerprint density at radius 3 is 2.67 bits per heavy atom. The molecule has 0 fully saturated rings. The zero-order valence-corrected chi connectivity index (χ0v) is 18.6. The van der Waals surface area contributed by atoms with Crippen LogP contribution in [0, 0.1) is 5.82 Å². The summed E-state index contributed by atoms with van der Waals surface area (Å²) in [5.74, 6) is 0.515. The molecule has 2 heterocycles. The van der Waals surface area contributed by atoms with Crippen LogP contribution in [-0.2, 0) is 19.5 Å². The lowest BCUT2D eigenvalue weighted by atomic mass is 10.1. The number of halogens is 1. The van der Waals surface area contributed by atoms with Crippen molar-refractivity contribution in [2.24, 2.45) is 4.99 Å². The van der Waals surface area contributed by atoms with E-state index in [0.29, 0.717) is 19.6 Å². The van der Waals surface area contributed by atoms with Crippen LogP contribution in [0.5, 0.6) is 0 Å². The molecule has 0 amide bonds. The second kappa shape index (κ2) is 10.6. The van der Waals surface area contributed by atoms with Crippen molar-refractivity contribution in [3.05, 3.63) is 106 Å². The van der Waals surface area contributed by atoms with Crippen LogP contribution in [0.25, 0.3) is 10.9 Å². The molecule has 0 saturated heterocycles. The summed E-state index contributed by atoms with van der Waals surface area (Å²) in [6.07, 6.45) is 4.52. The van der Waals surface area contributed by atoms with Crippen molar-refractivity contribution >= 4 is 16.9 Å². The number of guanidine groups is 1. The van der Waals surface area contributed by atoms with Gasteiger partial charge in [0, 0.05) is 42.5 Å². The molecule has 6 nitrogen and oxygen atoms in total. The first-order valence-electron chi connectivity index (χ1n) is 11.1. The minimum absolute atomic E-state index is 0.00710. The van der Waals surface area contributed by atoms with Gasteiger partial charge in [-0.2, -0.15) is 0 Å². The first-order valence-corrected chi connectivity index (χ1v) is 11.1. The van der Waals surface area contributed by atoms with Gasteiger partial charge in [0.05, 0.1) is 13.1 Å². The van der Waals surface area contributed by atoms with E-state index in [4.69, 9.17) is 0 Å². The fraction of sp³-hybridized carbons (Fsp3) is 0.231. The van der Waals surface area contributed by atoms with Gasteiger partial charge in [-0.15, -0.1) is 0 Å². The average Bonchev–Trinajstić information content (AvgIpc) is 3.22. The molecule has 0 aliphatic carbocycles. The summed E-state index contributed by atoms with van der Waals surface area (Å²) < 4.78 is 15.1. The van der Waals surface area contributed by atoms with Crippen LogP contribution in [0.4, 0.5) is 4.39 Å². The van der Waals surface area contributed by atoms with Gasteiger partial charge in [0.15, 0.2) is 5.96 Å². The number of nitrogens with zero attached hydrogens (tertiary/aromatic N) is 2. The van der Waals surface area contributed by atoms with Crippen LogP contribution >= 0.6 is 0 Å². The van der Waals surface area contributed by atoms with Crippen molar-refractivity contribution in [3.8, 4) is 0 Å². The molecule has 3 N–H and O–H groups in total. The van der Waals surface area contributed by atoms with E-state index in [1.807, 2.05) is 49.5 Å². The highest BCUT2D eigenvalue weighted by atomic mass is 19.1. The Morgan fingerprint density at radius 1 is 1.06 bits per heavy atom. The van der Waals surface area contributed by atoms with Gasteiger partial charge in [-0.1, -0.05) is 30.3 Å². The molecule has 2 aromatic heterocycles. The molecular formula is C26H28FN5O. The van der Waals surface area contributed by atoms with Crippen LogP contribution in [-0.4, -0.2) is 28.6 Å². The summed E-state index contributed by atoms with van der Waals surface area (Å²) in [5, 5.41) is 7.68. The number of hydrogen-bond donors (Lipinski definition) is 3. The standard InChI is InChI=1S/C26H28FN5O/c1-2-28-26(29-13-12-21-17-30-24-15-22(27)10-11-23(21)24)31-16-19-6-8-20(9-7-19)18-32-14-4-3-5-25(32)33/h3-11,14-15,17,30H,2,12-13,16,18H2,1H3,(H2,28,29,31). The highest BCUT2D eigenvalue weighted by Gasteiger charge is 2.05. The average molecular weight is 446 g/mol. The third-order valence-electron chi connectivity index (χ3n) is 5.46. The van der Waals surface area contributed by atoms with Gasteiger partial charge in [-0.25, -0.2) is 9.38 Å². The Morgan fingerprint density at radius 2 is 1.88 bits per heavy atom. The molecule has 0 aliphatic rings. The number of aromatic amines is 1. The third-order valence-corrected chi connectivity index (χ3v) is 5.46. The monoisotopic (exact) mass is 445 g/mol. The Labute approximate surface area is 192 Å². The molecule has 2 aromatic carbocycles. The van der Waals surface area contributed by atoms with Crippen LogP contribution in [0.2, 0.25) is 0 Å². The van der Waals surface area contributed by atoms with Gasteiger partial charge >= 0.3 is 0 Å². The summed E-state index contributed by atoms with van der Waals surface area (Å²) in [4.78, 5) is 19.7. The van der Waals surface area contributed by atoms with E-state index >= 15 is 0 Å². The summed E-state index contributed by atoms with van der Waals surface area (Å²) in [6, 6.07) is 18.1. The summed E-state index contributed by atoms with van der Waals surface area (Å²) in [6.45, 7) is 4.61. The number of nitrogens with one attached hydrogen (secondary N) is 3. The van der Waals surface area contributed by atoms with Crippen LogP contribution in [0.1, 0.15) is 23.6 Å². The Balaban J connectivity index is 1.33. The lowest BCUT2D eigenvalue weighted by Crippen LogP contribution is -2.38. The van der Waals surface area contributed by atoms with Gasteiger partial charge in [-0.05, 0) is 54.3 Å². The Kier molecular flexibility index (Phi) is 7.19. The molecule has 0 spiro atoms. The number of aliphatic imine (C=N–C) groups is 1. The van der Waals surface area contributed by atoms with Crippen molar-refractivity contribution < 1.29 is 4.39 Å². The van der Waals surface area contributed by atoms with Crippen LogP contribution in [0.15, 0.2) is 82.8 Å². The Hall–Kier alpha value is -3.87. The van der Waals surface area contributed by atoms with Crippen LogP contribution in [0.3, 0.4) is 0 Å². The van der Waals surface area contributed by atoms with E-state index < -0.39 is 0 Å². The molecule has 0 bridgehead atoms. The number of hydrogen-bond acceptors (Lipinski definition) is 2. The van der Waals surface area contributed by atoms with Crippen molar-refractivity contribution in [2.75, 3.05) is 13.1 Å². The molecule has 0 unspecified atom stereocenters. The molecule has 4 rings (SSSR count). The fourth-order valence-corrected chi connectivity index (χ4v) is 3.73. The smallest absolute Gasteiger partial charge is 0.250 e. The number of aromatic nitrogens is 2. The number of H-pyrrole nitrogens is 1. The second-order valence-corrected chi connectivity index (χ2v) is 7.86. The van der Waals surface area contributed by atoms with Gasteiger partial charge in [0.25, 0.3) is 5.56 Å². The minimum atomic E-state index is -0.238. The topological polar surface area (TPSA) is 74.2 Å². The fourth-order valence-electron chi connectivity index (χ4n) is 3.73. The highest BCUT2D eigenvalue weighted by molar-refractivity contribution is 5.83. The quantitative estimate of drug-likeness (QED) is 0.285. The Bertz CT molecular complexity index is 1290. The van der Waals surface area contributed by atoms with Crippen molar-refractivity contribution in [1.29, 1.82) is 0 Å². The summed E-state index contributed by atoms with van der Waals surface area (Å²) >= 11 is 0.